The number of hydrogen-bond donors (Lipinski definition) is 0. The van der Waals surface area contributed by atoms with Gasteiger partial charge >= 0.3 is 0 Å². The van der Waals surface area contributed by atoms with Crippen LogP contribution in [-0.2, 0) is 10.2 Å². The second-order valence-corrected chi connectivity index (χ2v) is 7.41. The Morgan fingerprint density at radius 2 is 1.40 bits per heavy atom. The van der Waals surface area contributed by atoms with Gasteiger partial charge in [-0.1, -0.05) is 15.9 Å². The maximum atomic E-state index is 12.1. The second-order valence-electron chi connectivity index (χ2n) is 4.19. The van der Waals surface area contributed by atoms with Gasteiger partial charge in [0.15, 0.2) is 0 Å². The molecule has 2 heterocycles. The molecule has 0 unspecified atom stereocenters. The average molecular weight is 297 g/mol. The highest BCUT2D eigenvalue weighted by atomic mass is 79.9. The predicted molar refractivity (Wildman–Crippen MR) is 63.2 cm³/mol. The molecule has 0 N–H and O–H groups in total. The smallest absolute Gasteiger partial charge is 0.195 e. The van der Waals surface area contributed by atoms with E-state index in [1.807, 2.05) is 0 Å². The molecule has 0 amide bonds. The van der Waals surface area contributed by atoms with Crippen LogP contribution in [0.4, 0.5) is 0 Å². The van der Waals surface area contributed by atoms with Gasteiger partial charge in [-0.05, 0) is 25.7 Å². The van der Waals surface area contributed by atoms with Gasteiger partial charge in [-0.15, -0.1) is 0 Å². The Balaban J connectivity index is 2.02. The van der Waals surface area contributed by atoms with Crippen molar-refractivity contribution in [1.82, 2.24) is 8.61 Å². The topological polar surface area (TPSA) is 40.6 Å². The Kier molecular flexibility index (Phi) is 3.70. The Labute approximate surface area is 99.9 Å². The lowest BCUT2D eigenvalue weighted by Crippen LogP contribution is -2.46. The van der Waals surface area contributed by atoms with E-state index in [0.717, 1.165) is 25.7 Å². The monoisotopic (exact) mass is 296 g/mol. The first kappa shape index (κ1) is 11.8. The second kappa shape index (κ2) is 4.69. The lowest BCUT2D eigenvalue weighted by Gasteiger charge is -2.31. The third-order valence-electron chi connectivity index (χ3n) is 3.10. The summed E-state index contributed by atoms with van der Waals surface area (Å²) in [6.07, 6.45) is 3.86. The molecule has 88 valence electrons. The number of halogens is 1. The van der Waals surface area contributed by atoms with Crippen LogP contribution in [0.3, 0.4) is 0 Å². The molecular formula is C9H17BrN2O2S. The van der Waals surface area contributed by atoms with Crippen molar-refractivity contribution in [2.45, 2.75) is 30.5 Å². The Morgan fingerprint density at radius 1 is 0.933 bits per heavy atom. The number of nitrogens with zero attached hydrogens (tertiary/aromatic N) is 2. The molecule has 0 aromatic heterocycles. The molecule has 0 aromatic rings. The van der Waals surface area contributed by atoms with E-state index in [2.05, 4.69) is 15.9 Å². The van der Waals surface area contributed by atoms with E-state index in [4.69, 9.17) is 0 Å². The van der Waals surface area contributed by atoms with Crippen molar-refractivity contribution in [2.24, 2.45) is 0 Å². The van der Waals surface area contributed by atoms with Crippen LogP contribution in [-0.4, -0.2) is 48.0 Å². The van der Waals surface area contributed by atoms with Crippen LogP contribution in [0.5, 0.6) is 0 Å². The normalized spacial score (nSPS) is 27.3. The summed E-state index contributed by atoms with van der Waals surface area (Å²) in [7, 11) is -3.14. The highest BCUT2D eigenvalue weighted by molar-refractivity contribution is 9.09. The largest absolute Gasteiger partial charge is 0.281 e. The Morgan fingerprint density at radius 3 is 1.93 bits per heavy atom. The first-order chi connectivity index (χ1) is 7.10. The van der Waals surface area contributed by atoms with Gasteiger partial charge in [-0.3, -0.25) is 0 Å². The van der Waals surface area contributed by atoms with Gasteiger partial charge in [0.1, 0.15) is 0 Å². The van der Waals surface area contributed by atoms with Gasteiger partial charge in [-0.2, -0.15) is 17.0 Å². The number of rotatable bonds is 2. The molecule has 0 bridgehead atoms. The van der Waals surface area contributed by atoms with Gasteiger partial charge in [-0.25, -0.2) is 0 Å². The van der Waals surface area contributed by atoms with E-state index in [9.17, 15) is 8.42 Å². The maximum absolute atomic E-state index is 12.1. The lowest BCUT2D eigenvalue weighted by molar-refractivity contribution is 0.322. The summed E-state index contributed by atoms with van der Waals surface area (Å²) in [5.74, 6) is 0. The van der Waals surface area contributed by atoms with Crippen molar-refractivity contribution in [2.75, 3.05) is 26.2 Å². The number of alkyl halides is 1. The van der Waals surface area contributed by atoms with Crippen LogP contribution in [0.1, 0.15) is 25.7 Å². The predicted octanol–water partition coefficient (Wildman–Crippen LogP) is 1.19. The fourth-order valence-electron chi connectivity index (χ4n) is 2.14. The van der Waals surface area contributed by atoms with Crippen molar-refractivity contribution in [3.8, 4) is 0 Å². The van der Waals surface area contributed by atoms with E-state index in [0.29, 0.717) is 31.0 Å². The number of hydrogen-bond acceptors (Lipinski definition) is 2. The third-order valence-corrected chi connectivity index (χ3v) is 6.05. The van der Waals surface area contributed by atoms with Crippen LogP contribution in [0.25, 0.3) is 0 Å². The van der Waals surface area contributed by atoms with Crippen LogP contribution in [0, 0.1) is 0 Å². The van der Waals surface area contributed by atoms with E-state index in [1.165, 1.54) is 0 Å². The van der Waals surface area contributed by atoms with Crippen molar-refractivity contribution < 1.29 is 8.42 Å². The summed E-state index contributed by atoms with van der Waals surface area (Å²) in [4.78, 5) is 0.488. The van der Waals surface area contributed by atoms with Gasteiger partial charge < -0.3 is 0 Å². The molecule has 2 aliphatic heterocycles. The van der Waals surface area contributed by atoms with Gasteiger partial charge in [0.25, 0.3) is 10.2 Å². The molecule has 15 heavy (non-hydrogen) atoms. The molecule has 6 heteroatoms. The van der Waals surface area contributed by atoms with E-state index in [1.54, 1.807) is 8.61 Å². The molecule has 4 nitrogen and oxygen atoms in total. The van der Waals surface area contributed by atoms with E-state index < -0.39 is 10.2 Å². The van der Waals surface area contributed by atoms with E-state index in [-0.39, 0.29) is 0 Å². The van der Waals surface area contributed by atoms with Crippen LogP contribution in [0.15, 0.2) is 0 Å². The lowest BCUT2D eigenvalue weighted by atomic mass is 10.2. The third kappa shape index (κ3) is 2.54. The fourth-order valence-corrected chi connectivity index (χ4v) is 4.27. The zero-order valence-corrected chi connectivity index (χ0v) is 11.1. The molecule has 0 radical (unpaired) electrons. The Hall–Kier alpha value is 0.350. The van der Waals surface area contributed by atoms with Gasteiger partial charge in [0, 0.05) is 31.0 Å². The highest BCUT2D eigenvalue weighted by Crippen LogP contribution is 2.23. The molecule has 2 rings (SSSR count). The van der Waals surface area contributed by atoms with Crippen molar-refractivity contribution >= 4 is 26.1 Å². The minimum Gasteiger partial charge on any atom is -0.195 e. The fraction of sp³-hybridized carbons (Fsp3) is 1.00. The quantitative estimate of drug-likeness (QED) is 0.718. The summed E-state index contributed by atoms with van der Waals surface area (Å²) >= 11 is 3.53. The molecular weight excluding hydrogens is 280 g/mol. The zero-order chi connectivity index (χ0) is 10.9. The molecule has 2 saturated heterocycles. The van der Waals surface area contributed by atoms with Crippen molar-refractivity contribution in [1.29, 1.82) is 0 Å². The summed E-state index contributed by atoms with van der Waals surface area (Å²) in [6, 6.07) is 0. The summed E-state index contributed by atoms with van der Waals surface area (Å²) in [5, 5.41) is 0. The Bertz CT molecular complexity index is 306. The van der Waals surface area contributed by atoms with Gasteiger partial charge in [0.05, 0.1) is 0 Å². The maximum Gasteiger partial charge on any atom is 0.281 e. The first-order valence-corrected chi connectivity index (χ1v) is 7.81. The molecule has 2 aliphatic rings. The van der Waals surface area contributed by atoms with Crippen molar-refractivity contribution in [3.05, 3.63) is 0 Å². The summed E-state index contributed by atoms with van der Waals surface area (Å²) in [5.41, 5.74) is 0. The molecule has 0 aromatic carbocycles. The van der Waals surface area contributed by atoms with Gasteiger partial charge in [0.2, 0.25) is 0 Å². The van der Waals surface area contributed by atoms with Crippen LogP contribution < -0.4 is 0 Å². The molecule has 0 aliphatic carbocycles. The van der Waals surface area contributed by atoms with Crippen molar-refractivity contribution in [3.63, 3.8) is 0 Å². The highest BCUT2D eigenvalue weighted by Gasteiger charge is 2.33. The minimum absolute atomic E-state index is 0.488. The van der Waals surface area contributed by atoms with Crippen LogP contribution in [0.2, 0.25) is 0 Å². The summed E-state index contributed by atoms with van der Waals surface area (Å²) in [6.45, 7) is 2.73. The SMILES string of the molecule is O=S(=O)(N1CCCC1)N1CCC(Br)CC1. The first-order valence-electron chi connectivity index (χ1n) is 5.50. The van der Waals surface area contributed by atoms with Crippen LogP contribution >= 0.6 is 15.9 Å². The molecule has 0 saturated carbocycles. The number of piperidine rings is 1. The molecule has 0 spiro atoms. The van der Waals surface area contributed by atoms with E-state index >= 15 is 0 Å². The molecule has 0 atom stereocenters. The summed E-state index contributed by atoms with van der Waals surface area (Å²) < 4.78 is 27.5. The molecule has 2 fully saturated rings. The standard InChI is InChI=1S/C9H17BrN2O2S/c10-9-3-7-12(8-4-9)15(13,14)11-5-1-2-6-11/h9H,1-8H2. The zero-order valence-electron chi connectivity index (χ0n) is 8.73. The minimum atomic E-state index is -3.14. The average Bonchev–Trinajstić information content (AvgIpc) is 2.71.